The van der Waals surface area contributed by atoms with Crippen LogP contribution in [-0.4, -0.2) is 23.9 Å². The van der Waals surface area contributed by atoms with Crippen molar-refractivity contribution in [3.05, 3.63) is 64.2 Å². The van der Waals surface area contributed by atoms with Crippen LogP contribution in [0.5, 0.6) is 0 Å². The number of nitrogens with one attached hydrogen (secondary N) is 2. The number of hydrogen-bond donors (Lipinski definition) is 3. The normalized spacial score (nSPS) is 24.6. The highest BCUT2D eigenvalue weighted by atomic mass is 35.5. The predicted molar refractivity (Wildman–Crippen MR) is 134 cm³/mol. The van der Waals surface area contributed by atoms with Crippen molar-refractivity contribution in [1.29, 1.82) is 0 Å². The van der Waals surface area contributed by atoms with Gasteiger partial charge in [-0.1, -0.05) is 11.6 Å². The first kappa shape index (κ1) is 25.6. The first-order valence-corrected chi connectivity index (χ1v) is 12.8. The van der Waals surface area contributed by atoms with Crippen LogP contribution < -0.4 is 16.4 Å². The fraction of sp³-hybridized carbons (Fsp3) is 0.481. The van der Waals surface area contributed by atoms with Crippen LogP contribution in [0.4, 0.5) is 14.5 Å². The van der Waals surface area contributed by atoms with Gasteiger partial charge in [0.15, 0.2) is 0 Å². The van der Waals surface area contributed by atoms with E-state index < -0.39 is 17.5 Å². The summed E-state index contributed by atoms with van der Waals surface area (Å²) in [5.41, 5.74) is 6.52. The Morgan fingerprint density at radius 2 is 1.46 bits per heavy atom. The molecule has 2 fully saturated rings. The average Bonchev–Trinajstić information content (AvgIpc) is 2.81. The van der Waals surface area contributed by atoms with Gasteiger partial charge in [0, 0.05) is 29.4 Å². The van der Waals surface area contributed by atoms with Crippen LogP contribution in [0.25, 0.3) is 0 Å². The molecule has 2 aliphatic carbocycles. The Hall–Kier alpha value is -2.51. The summed E-state index contributed by atoms with van der Waals surface area (Å²) >= 11 is 6.32. The molecule has 0 unspecified atom stereocenters. The van der Waals surface area contributed by atoms with Crippen molar-refractivity contribution >= 4 is 29.1 Å². The number of amides is 2. The molecule has 2 aromatic rings. The van der Waals surface area contributed by atoms with Gasteiger partial charge in [0.2, 0.25) is 0 Å². The van der Waals surface area contributed by atoms with Crippen molar-refractivity contribution < 1.29 is 18.4 Å². The Balaban J connectivity index is 1.27. The molecule has 0 aromatic heterocycles. The van der Waals surface area contributed by atoms with Crippen molar-refractivity contribution in [2.75, 3.05) is 5.32 Å². The smallest absolute Gasteiger partial charge is 0.255 e. The number of carbonyl (C=O) groups is 2. The summed E-state index contributed by atoms with van der Waals surface area (Å²) in [5.74, 6) is -1.08. The van der Waals surface area contributed by atoms with E-state index in [-0.39, 0.29) is 22.5 Å². The Morgan fingerprint density at radius 1 is 0.857 bits per heavy atom. The second-order valence-corrected chi connectivity index (χ2v) is 10.4. The summed E-state index contributed by atoms with van der Waals surface area (Å²) in [6.45, 7) is 0. The number of rotatable bonds is 6. The molecule has 0 heterocycles. The molecule has 0 radical (unpaired) electrons. The Kier molecular flexibility index (Phi) is 8.39. The first-order valence-electron chi connectivity index (χ1n) is 12.4. The second kappa shape index (κ2) is 11.5. The number of anilines is 1. The molecule has 0 aliphatic heterocycles. The highest BCUT2D eigenvalue weighted by Crippen LogP contribution is 2.35. The van der Waals surface area contributed by atoms with E-state index in [0.29, 0.717) is 23.4 Å². The molecule has 8 heteroatoms. The molecule has 2 aliphatic rings. The van der Waals surface area contributed by atoms with E-state index in [4.69, 9.17) is 17.3 Å². The van der Waals surface area contributed by atoms with Gasteiger partial charge in [-0.05, 0) is 100.0 Å². The lowest BCUT2D eigenvalue weighted by Gasteiger charge is -2.33. The zero-order valence-corrected chi connectivity index (χ0v) is 20.4. The summed E-state index contributed by atoms with van der Waals surface area (Å²) in [7, 11) is 0. The summed E-state index contributed by atoms with van der Waals surface area (Å²) in [5, 5.41) is 5.83. The van der Waals surface area contributed by atoms with E-state index in [1.54, 1.807) is 12.1 Å². The number of hydrogen-bond acceptors (Lipinski definition) is 3. The third kappa shape index (κ3) is 7.01. The van der Waals surface area contributed by atoms with Crippen molar-refractivity contribution in [2.45, 2.75) is 69.9 Å². The fourth-order valence-electron chi connectivity index (χ4n) is 5.37. The SMILES string of the molecule is NC1CCC(CC2CCC(NC(=O)c3ccc(NC(=O)c4cc(F)cc(F)c4)cc3Cl)CC2)CC1. The second-order valence-electron chi connectivity index (χ2n) is 10.0. The zero-order valence-electron chi connectivity index (χ0n) is 19.7. The number of nitrogens with two attached hydrogens (primary N) is 1. The molecule has 0 atom stereocenters. The van der Waals surface area contributed by atoms with Crippen LogP contribution in [0.15, 0.2) is 36.4 Å². The van der Waals surface area contributed by atoms with Gasteiger partial charge in [-0.2, -0.15) is 0 Å². The topological polar surface area (TPSA) is 84.2 Å². The molecule has 2 aromatic carbocycles. The first-order chi connectivity index (χ1) is 16.8. The van der Waals surface area contributed by atoms with Crippen LogP contribution in [0, 0.1) is 23.5 Å². The number of carbonyl (C=O) groups excluding carboxylic acids is 2. The fourth-order valence-corrected chi connectivity index (χ4v) is 5.63. The van der Waals surface area contributed by atoms with Gasteiger partial charge in [-0.25, -0.2) is 8.78 Å². The van der Waals surface area contributed by atoms with E-state index in [2.05, 4.69) is 10.6 Å². The van der Waals surface area contributed by atoms with Crippen LogP contribution in [0.1, 0.15) is 78.5 Å². The van der Waals surface area contributed by atoms with Crippen molar-refractivity contribution in [1.82, 2.24) is 5.32 Å². The van der Waals surface area contributed by atoms with E-state index >= 15 is 0 Å². The van der Waals surface area contributed by atoms with Gasteiger partial charge in [0.05, 0.1) is 10.6 Å². The highest BCUT2D eigenvalue weighted by molar-refractivity contribution is 6.34. The summed E-state index contributed by atoms with van der Waals surface area (Å²) in [6.07, 6.45) is 10.2. The summed E-state index contributed by atoms with van der Waals surface area (Å²) in [4.78, 5) is 25.1. The molecule has 2 amide bonds. The van der Waals surface area contributed by atoms with Crippen molar-refractivity contribution in [3.63, 3.8) is 0 Å². The minimum absolute atomic E-state index is 0.122. The molecule has 35 heavy (non-hydrogen) atoms. The minimum atomic E-state index is -0.840. The van der Waals surface area contributed by atoms with Crippen LogP contribution in [-0.2, 0) is 0 Å². The van der Waals surface area contributed by atoms with Gasteiger partial charge in [-0.3, -0.25) is 9.59 Å². The minimum Gasteiger partial charge on any atom is -0.349 e. The van der Waals surface area contributed by atoms with E-state index in [1.165, 1.54) is 25.3 Å². The molecule has 5 nitrogen and oxygen atoms in total. The van der Waals surface area contributed by atoms with Crippen molar-refractivity contribution in [2.24, 2.45) is 17.6 Å². The van der Waals surface area contributed by atoms with Crippen molar-refractivity contribution in [3.8, 4) is 0 Å². The highest BCUT2D eigenvalue weighted by Gasteiger charge is 2.27. The van der Waals surface area contributed by atoms with Gasteiger partial charge in [0.25, 0.3) is 11.8 Å². The molecule has 4 rings (SSSR count). The lowest BCUT2D eigenvalue weighted by Crippen LogP contribution is -2.38. The van der Waals surface area contributed by atoms with Gasteiger partial charge in [-0.15, -0.1) is 0 Å². The Bertz CT molecular complexity index is 1040. The summed E-state index contributed by atoms with van der Waals surface area (Å²) in [6, 6.07) is 7.63. The third-order valence-corrected chi connectivity index (χ3v) is 7.65. The maximum atomic E-state index is 13.4. The van der Waals surface area contributed by atoms with Crippen LogP contribution >= 0.6 is 11.6 Å². The lowest BCUT2D eigenvalue weighted by atomic mass is 9.76. The van der Waals surface area contributed by atoms with Crippen LogP contribution in [0.3, 0.4) is 0 Å². The quantitative estimate of drug-likeness (QED) is 0.447. The average molecular weight is 504 g/mol. The Morgan fingerprint density at radius 3 is 2.06 bits per heavy atom. The lowest BCUT2D eigenvalue weighted by molar-refractivity contribution is 0.0918. The molecule has 0 bridgehead atoms. The Labute approximate surface area is 209 Å². The third-order valence-electron chi connectivity index (χ3n) is 7.34. The zero-order chi connectivity index (χ0) is 24.9. The maximum absolute atomic E-state index is 13.4. The van der Waals surface area contributed by atoms with Gasteiger partial charge >= 0.3 is 0 Å². The maximum Gasteiger partial charge on any atom is 0.255 e. The standard InChI is InChI=1S/C27H32ClF2N3O2/c28-25-15-23(33-26(34)18-12-19(29)14-20(30)13-18)9-10-24(25)27(35)32-22-7-3-17(4-8-22)11-16-1-5-21(31)6-2-16/h9-10,12-17,21-22H,1-8,11,31H2,(H,32,35)(H,33,34). The predicted octanol–water partition coefficient (Wildman–Crippen LogP) is 6.07. The molecule has 188 valence electrons. The monoisotopic (exact) mass is 503 g/mol. The van der Waals surface area contributed by atoms with E-state index in [9.17, 15) is 18.4 Å². The molecule has 0 saturated heterocycles. The molecule has 4 N–H and O–H groups in total. The van der Waals surface area contributed by atoms with Gasteiger partial charge in [0.1, 0.15) is 11.6 Å². The van der Waals surface area contributed by atoms with Gasteiger partial charge < -0.3 is 16.4 Å². The summed E-state index contributed by atoms with van der Waals surface area (Å²) < 4.78 is 26.8. The number of halogens is 3. The van der Waals surface area contributed by atoms with Crippen LogP contribution in [0.2, 0.25) is 5.02 Å². The largest absolute Gasteiger partial charge is 0.349 e. The molecule has 0 spiro atoms. The molecule has 2 saturated carbocycles. The molecular weight excluding hydrogens is 472 g/mol. The molecular formula is C27H32ClF2N3O2. The number of benzene rings is 2. The van der Waals surface area contributed by atoms with E-state index in [0.717, 1.165) is 62.5 Å². The van der Waals surface area contributed by atoms with E-state index in [1.807, 2.05) is 0 Å².